The standard InChI is InChI=1S/C23H19N5O5/c1-32-20-8-4-5-15(14-20)21-25-23(33-2)26-27(21)18-11-9-17(10-12-18)24-22(29)16-6-3-7-19(13-16)28(30)31/h3-14H,1-2H3,(H,24,29). The summed E-state index contributed by atoms with van der Waals surface area (Å²) in [7, 11) is 3.08. The first-order chi connectivity index (χ1) is 16.0. The molecule has 3 aromatic carbocycles. The molecule has 10 nitrogen and oxygen atoms in total. The first-order valence-electron chi connectivity index (χ1n) is 9.80. The number of carbonyl (C=O) groups is 1. The normalized spacial score (nSPS) is 10.5. The summed E-state index contributed by atoms with van der Waals surface area (Å²) in [5.74, 6) is 0.783. The molecule has 1 N–H and O–H groups in total. The topological polar surface area (TPSA) is 121 Å². The van der Waals surface area contributed by atoms with Crippen molar-refractivity contribution < 1.29 is 19.2 Å². The average Bonchev–Trinajstić information content (AvgIpc) is 3.29. The molecule has 33 heavy (non-hydrogen) atoms. The number of anilines is 1. The fourth-order valence-electron chi connectivity index (χ4n) is 3.16. The molecule has 0 radical (unpaired) electrons. The lowest BCUT2D eigenvalue weighted by Gasteiger charge is -2.09. The Bertz CT molecular complexity index is 1320. The summed E-state index contributed by atoms with van der Waals surface area (Å²) in [6, 6.07) is 20.1. The van der Waals surface area contributed by atoms with Gasteiger partial charge in [0.05, 0.1) is 24.8 Å². The van der Waals surface area contributed by atoms with E-state index in [2.05, 4.69) is 15.4 Å². The molecule has 4 aromatic rings. The number of carbonyl (C=O) groups excluding carboxylic acids is 1. The van der Waals surface area contributed by atoms with Crippen LogP contribution in [0.5, 0.6) is 11.8 Å². The van der Waals surface area contributed by atoms with E-state index in [0.717, 1.165) is 5.56 Å². The highest BCUT2D eigenvalue weighted by Crippen LogP contribution is 2.27. The minimum absolute atomic E-state index is 0.150. The van der Waals surface area contributed by atoms with Gasteiger partial charge in [0, 0.05) is 28.9 Å². The van der Waals surface area contributed by atoms with Gasteiger partial charge in [-0.15, -0.1) is 5.10 Å². The van der Waals surface area contributed by atoms with E-state index >= 15 is 0 Å². The van der Waals surface area contributed by atoms with Crippen LogP contribution in [0.1, 0.15) is 10.4 Å². The predicted molar refractivity (Wildman–Crippen MR) is 121 cm³/mol. The van der Waals surface area contributed by atoms with Crippen LogP contribution in [0.15, 0.2) is 72.8 Å². The van der Waals surface area contributed by atoms with Gasteiger partial charge in [-0.05, 0) is 42.5 Å². The molecule has 0 saturated heterocycles. The summed E-state index contributed by atoms with van der Waals surface area (Å²) in [5.41, 5.74) is 2.04. The van der Waals surface area contributed by atoms with Crippen molar-refractivity contribution in [3.63, 3.8) is 0 Å². The van der Waals surface area contributed by atoms with Crippen LogP contribution >= 0.6 is 0 Å². The summed E-state index contributed by atoms with van der Waals surface area (Å²) in [5, 5.41) is 18.1. The van der Waals surface area contributed by atoms with Crippen LogP contribution < -0.4 is 14.8 Å². The number of hydrogen-bond donors (Lipinski definition) is 1. The van der Waals surface area contributed by atoms with Crippen LogP contribution in [0.4, 0.5) is 11.4 Å². The zero-order valence-electron chi connectivity index (χ0n) is 17.8. The Labute approximate surface area is 188 Å². The second-order valence-corrected chi connectivity index (χ2v) is 6.87. The molecule has 0 aliphatic rings. The van der Waals surface area contributed by atoms with Crippen LogP contribution in [0.2, 0.25) is 0 Å². The Morgan fingerprint density at radius 2 is 1.76 bits per heavy atom. The monoisotopic (exact) mass is 445 g/mol. The van der Waals surface area contributed by atoms with E-state index in [-0.39, 0.29) is 17.3 Å². The number of ether oxygens (including phenoxy) is 2. The number of nitrogens with one attached hydrogen (secondary N) is 1. The van der Waals surface area contributed by atoms with Crippen molar-refractivity contribution in [3.8, 4) is 28.8 Å². The minimum atomic E-state index is -0.544. The number of nitrogens with zero attached hydrogens (tertiary/aromatic N) is 4. The highest BCUT2D eigenvalue weighted by molar-refractivity contribution is 6.04. The van der Waals surface area contributed by atoms with Crippen LogP contribution in [0, 0.1) is 10.1 Å². The lowest BCUT2D eigenvalue weighted by molar-refractivity contribution is -0.384. The van der Waals surface area contributed by atoms with E-state index in [0.29, 0.717) is 22.9 Å². The molecule has 0 fully saturated rings. The fraction of sp³-hybridized carbons (Fsp3) is 0.0870. The van der Waals surface area contributed by atoms with Gasteiger partial charge in [0.25, 0.3) is 11.6 Å². The molecule has 0 aliphatic heterocycles. The molecule has 0 unspecified atom stereocenters. The van der Waals surface area contributed by atoms with Gasteiger partial charge in [0.15, 0.2) is 5.82 Å². The number of rotatable bonds is 7. The summed E-state index contributed by atoms with van der Waals surface area (Å²) < 4.78 is 12.1. The average molecular weight is 445 g/mol. The highest BCUT2D eigenvalue weighted by Gasteiger charge is 2.16. The number of methoxy groups -OCH3 is 2. The molecular weight excluding hydrogens is 426 g/mol. The van der Waals surface area contributed by atoms with E-state index in [4.69, 9.17) is 9.47 Å². The van der Waals surface area contributed by atoms with Crippen LogP contribution in [0.25, 0.3) is 17.1 Å². The van der Waals surface area contributed by atoms with Crippen LogP contribution in [-0.2, 0) is 0 Å². The van der Waals surface area contributed by atoms with E-state index < -0.39 is 10.8 Å². The number of benzene rings is 3. The van der Waals surface area contributed by atoms with E-state index in [1.165, 1.54) is 31.4 Å². The number of hydrogen-bond acceptors (Lipinski definition) is 7. The summed E-state index contributed by atoms with van der Waals surface area (Å²) in [6.45, 7) is 0. The first kappa shape index (κ1) is 21.5. The molecule has 0 bridgehead atoms. The van der Waals surface area contributed by atoms with Gasteiger partial charge in [0.1, 0.15) is 5.75 Å². The zero-order valence-corrected chi connectivity index (χ0v) is 17.8. The van der Waals surface area contributed by atoms with Crippen molar-refractivity contribution in [2.24, 2.45) is 0 Å². The first-order valence-corrected chi connectivity index (χ1v) is 9.80. The van der Waals surface area contributed by atoms with Crippen molar-refractivity contribution in [1.82, 2.24) is 14.8 Å². The Hall–Kier alpha value is -4.73. The van der Waals surface area contributed by atoms with E-state index in [9.17, 15) is 14.9 Å². The number of amides is 1. The fourth-order valence-corrected chi connectivity index (χ4v) is 3.16. The number of nitro benzene ring substituents is 1. The highest BCUT2D eigenvalue weighted by atomic mass is 16.6. The molecule has 10 heteroatoms. The Morgan fingerprint density at radius 3 is 2.45 bits per heavy atom. The summed E-state index contributed by atoms with van der Waals surface area (Å²) >= 11 is 0. The van der Waals surface area contributed by atoms with Crippen molar-refractivity contribution in [2.75, 3.05) is 19.5 Å². The summed E-state index contributed by atoms with van der Waals surface area (Å²) in [4.78, 5) is 27.3. The molecule has 1 heterocycles. The summed E-state index contributed by atoms with van der Waals surface area (Å²) in [6.07, 6.45) is 0. The second kappa shape index (κ2) is 9.18. The Morgan fingerprint density at radius 1 is 1.00 bits per heavy atom. The van der Waals surface area contributed by atoms with Gasteiger partial charge in [0.2, 0.25) is 0 Å². The van der Waals surface area contributed by atoms with Crippen molar-refractivity contribution >= 4 is 17.3 Å². The maximum absolute atomic E-state index is 12.5. The largest absolute Gasteiger partial charge is 0.497 e. The molecule has 1 amide bonds. The molecular formula is C23H19N5O5. The van der Waals surface area contributed by atoms with Crippen molar-refractivity contribution in [1.29, 1.82) is 0 Å². The van der Waals surface area contributed by atoms with E-state index in [1.807, 2.05) is 24.3 Å². The van der Waals surface area contributed by atoms with Gasteiger partial charge >= 0.3 is 6.01 Å². The van der Waals surface area contributed by atoms with Gasteiger partial charge in [-0.2, -0.15) is 4.98 Å². The predicted octanol–water partition coefficient (Wildman–Crippen LogP) is 4.11. The quantitative estimate of drug-likeness (QED) is 0.335. The molecule has 4 rings (SSSR count). The van der Waals surface area contributed by atoms with Crippen LogP contribution in [0.3, 0.4) is 0 Å². The van der Waals surface area contributed by atoms with Crippen molar-refractivity contribution in [2.45, 2.75) is 0 Å². The maximum Gasteiger partial charge on any atom is 0.336 e. The Kier molecular flexibility index (Phi) is 5.98. The van der Waals surface area contributed by atoms with Gasteiger partial charge in [-0.25, -0.2) is 4.68 Å². The smallest absolute Gasteiger partial charge is 0.336 e. The number of non-ortho nitro benzene ring substituents is 1. The van der Waals surface area contributed by atoms with Crippen molar-refractivity contribution in [3.05, 3.63) is 88.5 Å². The van der Waals surface area contributed by atoms with Gasteiger partial charge in [-0.1, -0.05) is 18.2 Å². The molecule has 1 aromatic heterocycles. The number of nitro groups is 1. The third kappa shape index (κ3) is 4.64. The van der Waals surface area contributed by atoms with E-state index in [1.54, 1.807) is 36.1 Å². The van der Waals surface area contributed by atoms with Gasteiger partial charge < -0.3 is 14.8 Å². The lowest BCUT2D eigenvalue weighted by Crippen LogP contribution is -2.12. The lowest BCUT2D eigenvalue weighted by atomic mass is 10.2. The maximum atomic E-state index is 12.5. The number of aromatic nitrogens is 3. The minimum Gasteiger partial charge on any atom is -0.497 e. The molecule has 0 atom stereocenters. The zero-order chi connectivity index (χ0) is 23.4. The molecule has 166 valence electrons. The van der Waals surface area contributed by atoms with Crippen LogP contribution in [-0.4, -0.2) is 39.8 Å². The molecule has 0 saturated carbocycles. The third-order valence-corrected chi connectivity index (χ3v) is 4.79. The third-order valence-electron chi connectivity index (χ3n) is 4.79. The second-order valence-electron chi connectivity index (χ2n) is 6.87. The molecule has 0 spiro atoms. The Balaban J connectivity index is 1.60. The van der Waals surface area contributed by atoms with Gasteiger partial charge in [-0.3, -0.25) is 14.9 Å². The SMILES string of the molecule is COc1cccc(-c2nc(OC)nn2-c2ccc(NC(=O)c3cccc([N+](=O)[O-])c3)cc2)c1. The molecule has 0 aliphatic carbocycles.